The van der Waals surface area contributed by atoms with E-state index in [0.29, 0.717) is 39.5 Å². The third kappa shape index (κ3) is 3.76. The van der Waals surface area contributed by atoms with E-state index in [1.54, 1.807) is 12.1 Å². The SMILES string of the molecule is FCc1ccccc1-c1nc2c(c(Nc3n[nH]c4c(F)cccc34)n1)CCCCCC2. The van der Waals surface area contributed by atoms with Crippen molar-refractivity contribution in [2.24, 2.45) is 0 Å². The van der Waals surface area contributed by atoms with Gasteiger partial charge in [0.25, 0.3) is 0 Å². The number of aryl methyl sites for hydroxylation is 1. The molecule has 1 aliphatic carbocycles. The Morgan fingerprint density at radius 2 is 1.74 bits per heavy atom. The van der Waals surface area contributed by atoms with Gasteiger partial charge in [0.2, 0.25) is 0 Å². The molecule has 4 aromatic rings. The van der Waals surface area contributed by atoms with Gasteiger partial charge in [-0.25, -0.2) is 18.7 Å². The molecule has 1 aliphatic rings. The maximum atomic E-state index is 14.1. The lowest BCUT2D eigenvalue weighted by Crippen LogP contribution is -2.11. The summed E-state index contributed by atoms with van der Waals surface area (Å²) in [5.41, 5.74) is 3.66. The fourth-order valence-corrected chi connectivity index (χ4v) is 4.24. The molecule has 0 aliphatic heterocycles. The van der Waals surface area contributed by atoms with Crippen LogP contribution in [0.1, 0.15) is 42.5 Å². The number of aromatic amines is 1. The highest BCUT2D eigenvalue weighted by Crippen LogP contribution is 2.32. The van der Waals surface area contributed by atoms with Gasteiger partial charge in [-0.05, 0) is 43.4 Å². The third-order valence-electron chi connectivity index (χ3n) is 5.87. The van der Waals surface area contributed by atoms with Gasteiger partial charge in [0.05, 0.1) is 0 Å². The van der Waals surface area contributed by atoms with Crippen molar-refractivity contribution in [2.45, 2.75) is 45.2 Å². The molecule has 0 fully saturated rings. The van der Waals surface area contributed by atoms with Gasteiger partial charge < -0.3 is 5.32 Å². The Bertz CT molecular complexity index is 1230. The van der Waals surface area contributed by atoms with E-state index >= 15 is 0 Å². The van der Waals surface area contributed by atoms with Gasteiger partial charge in [-0.2, -0.15) is 5.10 Å². The summed E-state index contributed by atoms with van der Waals surface area (Å²) < 4.78 is 27.7. The minimum Gasteiger partial charge on any atom is -0.323 e. The first-order chi connectivity index (χ1) is 15.2. The summed E-state index contributed by atoms with van der Waals surface area (Å²) >= 11 is 0. The van der Waals surface area contributed by atoms with E-state index in [0.717, 1.165) is 36.9 Å². The Morgan fingerprint density at radius 3 is 2.61 bits per heavy atom. The quantitative estimate of drug-likeness (QED) is 0.424. The molecule has 5 rings (SSSR count). The van der Waals surface area contributed by atoms with Crippen molar-refractivity contribution >= 4 is 22.5 Å². The van der Waals surface area contributed by atoms with E-state index < -0.39 is 6.67 Å². The molecule has 0 atom stereocenters. The number of hydrogen-bond acceptors (Lipinski definition) is 4. The second kappa shape index (κ2) is 8.41. The smallest absolute Gasteiger partial charge is 0.162 e. The Morgan fingerprint density at radius 1 is 0.903 bits per heavy atom. The molecule has 5 nitrogen and oxygen atoms in total. The van der Waals surface area contributed by atoms with Gasteiger partial charge in [0.1, 0.15) is 23.8 Å². The van der Waals surface area contributed by atoms with Crippen LogP contribution in [0.15, 0.2) is 42.5 Å². The molecule has 2 heterocycles. The van der Waals surface area contributed by atoms with Gasteiger partial charge in [-0.3, -0.25) is 5.10 Å². The topological polar surface area (TPSA) is 66.5 Å². The highest BCUT2D eigenvalue weighted by Gasteiger charge is 2.20. The van der Waals surface area contributed by atoms with Gasteiger partial charge in [0, 0.05) is 22.2 Å². The average molecular weight is 419 g/mol. The standard InChI is InChI=1S/C24H23F2N5/c25-14-15-8-5-6-9-16(15)22-27-20-13-4-2-1-3-10-17(20)23(28-22)29-24-18-11-7-12-19(26)21(18)30-31-24/h5-9,11-12H,1-4,10,13-14H2,(H2,27,28,29,30,31). The van der Waals surface area contributed by atoms with E-state index in [1.807, 2.05) is 24.3 Å². The van der Waals surface area contributed by atoms with Crippen molar-refractivity contribution in [2.75, 3.05) is 5.32 Å². The Kier molecular flexibility index (Phi) is 5.32. The van der Waals surface area contributed by atoms with E-state index in [-0.39, 0.29) is 5.82 Å². The molecule has 31 heavy (non-hydrogen) atoms. The van der Waals surface area contributed by atoms with Crippen LogP contribution < -0.4 is 5.32 Å². The summed E-state index contributed by atoms with van der Waals surface area (Å²) in [7, 11) is 0. The van der Waals surface area contributed by atoms with Crippen LogP contribution in [0.3, 0.4) is 0 Å². The molecule has 0 spiro atoms. The number of fused-ring (bicyclic) bond motifs is 2. The Hall–Kier alpha value is -3.35. The monoisotopic (exact) mass is 419 g/mol. The Balaban J connectivity index is 1.65. The number of benzene rings is 2. The van der Waals surface area contributed by atoms with Crippen LogP contribution in [-0.4, -0.2) is 20.2 Å². The molecule has 2 aromatic heterocycles. The molecule has 0 radical (unpaired) electrons. The van der Waals surface area contributed by atoms with Crippen LogP contribution >= 0.6 is 0 Å². The highest BCUT2D eigenvalue weighted by molar-refractivity contribution is 5.91. The zero-order valence-corrected chi connectivity index (χ0v) is 17.1. The first kappa shape index (κ1) is 19.6. The van der Waals surface area contributed by atoms with E-state index in [1.165, 1.54) is 18.9 Å². The van der Waals surface area contributed by atoms with Crippen molar-refractivity contribution in [3.05, 3.63) is 65.1 Å². The minimum atomic E-state index is -0.581. The average Bonchev–Trinajstić information content (AvgIpc) is 3.18. The maximum Gasteiger partial charge on any atom is 0.162 e. The van der Waals surface area contributed by atoms with Crippen molar-refractivity contribution in [1.82, 2.24) is 20.2 Å². The van der Waals surface area contributed by atoms with Crippen molar-refractivity contribution in [1.29, 1.82) is 0 Å². The highest BCUT2D eigenvalue weighted by atomic mass is 19.1. The molecule has 158 valence electrons. The first-order valence-corrected chi connectivity index (χ1v) is 10.7. The van der Waals surface area contributed by atoms with Crippen LogP contribution in [0.25, 0.3) is 22.3 Å². The van der Waals surface area contributed by atoms with Crippen LogP contribution in [0.4, 0.5) is 20.4 Å². The molecule has 2 N–H and O–H groups in total. The largest absolute Gasteiger partial charge is 0.323 e. The molecule has 0 saturated heterocycles. The van der Waals surface area contributed by atoms with Crippen LogP contribution in [0.5, 0.6) is 0 Å². The summed E-state index contributed by atoms with van der Waals surface area (Å²) in [6, 6.07) is 12.2. The molecule has 0 bridgehead atoms. The lowest BCUT2D eigenvalue weighted by atomic mass is 9.97. The summed E-state index contributed by atoms with van der Waals surface area (Å²) in [6.45, 7) is -0.581. The van der Waals surface area contributed by atoms with Crippen LogP contribution in [0, 0.1) is 5.82 Å². The number of hydrogen-bond donors (Lipinski definition) is 2. The molecule has 0 amide bonds. The number of rotatable bonds is 4. The number of alkyl halides is 1. The fourth-order valence-electron chi connectivity index (χ4n) is 4.24. The molecule has 2 aromatic carbocycles. The first-order valence-electron chi connectivity index (χ1n) is 10.7. The van der Waals surface area contributed by atoms with Crippen molar-refractivity contribution in [3.8, 4) is 11.4 Å². The Labute approximate surface area is 178 Å². The molecule has 7 heteroatoms. The number of anilines is 2. The fraction of sp³-hybridized carbons (Fsp3) is 0.292. The predicted molar refractivity (Wildman–Crippen MR) is 117 cm³/mol. The number of nitrogens with one attached hydrogen (secondary N) is 2. The van der Waals surface area contributed by atoms with Gasteiger partial charge >= 0.3 is 0 Å². The second-order valence-electron chi connectivity index (χ2n) is 7.89. The summed E-state index contributed by atoms with van der Waals surface area (Å²) in [4.78, 5) is 9.66. The number of halogens is 2. The number of nitrogens with zero attached hydrogens (tertiary/aromatic N) is 3. The van der Waals surface area contributed by atoms with Gasteiger partial charge in [0.15, 0.2) is 11.6 Å². The molecule has 0 unspecified atom stereocenters. The number of H-pyrrole nitrogens is 1. The third-order valence-corrected chi connectivity index (χ3v) is 5.87. The van der Waals surface area contributed by atoms with E-state index in [9.17, 15) is 8.78 Å². The predicted octanol–water partition coefficient (Wildman–Crippen LogP) is 6.03. The van der Waals surface area contributed by atoms with Gasteiger partial charge in [-0.15, -0.1) is 0 Å². The maximum absolute atomic E-state index is 14.1. The summed E-state index contributed by atoms with van der Waals surface area (Å²) in [6.07, 6.45) is 6.17. The number of para-hydroxylation sites is 1. The molecular weight excluding hydrogens is 396 g/mol. The second-order valence-corrected chi connectivity index (χ2v) is 7.89. The van der Waals surface area contributed by atoms with Crippen molar-refractivity contribution < 1.29 is 8.78 Å². The summed E-state index contributed by atoms with van der Waals surface area (Å²) in [5, 5.41) is 11.0. The lowest BCUT2D eigenvalue weighted by Gasteiger charge is -2.19. The van der Waals surface area contributed by atoms with E-state index in [2.05, 4.69) is 15.5 Å². The molecule has 0 saturated carbocycles. The zero-order valence-electron chi connectivity index (χ0n) is 17.1. The van der Waals surface area contributed by atoms with Crippen molar-refractivity contribution in [3.63, 3.8) is 0 Å². The van der Waals surface area contributed by atoms with Crippen LogP contribution in [0.2, 0.25) is 0 Å². The van der Waals surface area contributed by atoms with E-state index in [4.69, 9.17) is 9.97 Å². The lowest BCUT2D eigenvalue weighted by molar-refractivity contribution is 0.486. The summed E-state index contributed by atoms with van der Waals surface area (Å²) in [5.74, 6) is 1.32. The number of aromatic nitrogens is 4. The minimum absolute atomic E-state index is 0.352. The molecular formula is C24H23F2N5. The normalized spacial score (nSPS) is 14.1. The van der Waals surface area contributed by atoms with Crippen LogP contribution in [-0.2, 0) is 19.5 Å². The zero-order chi connectivity index (χ0) is 21.2. The van der Waals surface area contributed by atoms with Gasteiger partial charge in [-0.1, -0.05) is 43.2 Å².